The van der Waals surface area contributed by atoms with Crippen LogP contribution in [0, 0.1) is 6.92 Å². The molecule has 0 aliphatic rings. The second kappa shape index (κ2) is 8.73. The molecule has 8 heteroatoms. The number of hydrogen-bond donors (Lipinski definition) is 2. The molecule has 0 fully saturated rings. The van der Waals surface area contributed by atoms with Crippen LogP contribution in [0.3, 0.4) is 0 Å². The zero-order chi connectivity index (χ0) is 18.4. The number of benzene rings is 2. The van der Waals surface area contributed by atoms with E-state index >= 15 is 0 Å². The molecule has 2 rings (SSSR count). The summed E-state index contributed by atoms with van der Waals surface area (Å²) in [5, 5.41) is 6.98. The van der Waals surface area contributed by atoms with Gasteiger partial charge in [0.2, 0.25) is 0 Å². The number of aryl methyl sites for hydroxylation is 1. The normalized spacial score (nSPS) is 10.6. The molecule has 0 aromatic heterocycles. The van der Waals surface area contributed by atoms with Gasteiger partial charge in [-0.15, -0.1) is 0 Å². The number of nitrogens with zero attached hydrogens (tertiary/aromatic N) is 1. The van der Waals surface area contributed by atoms with Gasteiger partial charge in [-0.2, -0.15) is 5.10 Å². The number of anilines is 1. The fraction of sp³-hybridized carbons (Fsp3) is 0.176. The van der Waals surface area contributed by atoms with Crippen molar-refractivity contribution < 1.29 is 14.3 Å². The molecule has 0 saturated heterocycles. The summed E-state index contributed by atoms with van der Waals surface area (Å²) < 4.78 is 11.3. The highest BCUT2D eigenvalue weighted by Gasteiger charge is 2.10. The van der Waals surface area contributed by atoms with Crippen LogP contribution in [-0.4, -0.2) is 26.5 Å². The van der Waals surface area contributed by atoms with Gasteiger partial charge in [0.05, 0.1) is 25.5 Å². The first-order valence-corrected chi connectivity index (χ1v) is 8.39. The molecule has 2 aromatic carbocycles. The van der Waals surface area contributed by atoms with E-state index in [9.17, 15) is 4.79 Å². The summed E-state index contributed by atoms with van der Waals surface area (Å²) in [6.07, 6.45) is 1.46. The Labute approximate surface area is 159 Å². The van der Waals surface area contributed by atoms with Crippen molar-refractivity contribution in [2.24, 2.45) is 5.10 Å². The highest BCUT2D eigenvalue weighted by atomic mass is 79.9. The molecule has 0 bridgehead atoms. The minimum absolute atomic E-state index is 0.387. The van der Waals surface area contributed by atoms with E-state index in [1.54, 1.807) is 18.2 Å². The van der Waals surface area contributed by atoms with Crippen LogP contribution < -0.4 is 20.2 Å². The van der Waals surface area contributed by atoms with Crippen LogP contribution >= 0.6 is 27.5 Å². The van der Waals surface area contributed by atoms with Crippen molar-refractivity contribution in [3.05, 3.63) is 51.0 Å². The molecule has 2 N–H and O–H groups in total. The highest BCUT2D eigenvalue weighted by Crippen LogP contribution is 2.35. The van der Waals surface area contributed by atoms with E-state index in [1.165, 1.54) is 20.4 Å². The van der Waals surface area contributed by atoms with Gasteiger partial charge in [0.15, 0.2) is 11.5 Å². The Morgan fingerprint density at radius 3 is 2.64 bits per heavy atom. The number of rotatable bonds is 5. The number of hydrogen-bond acceptors (Lipinski definition) is 4. The first-order valence-electron chi connectivity index (χ1n) is 7.22. The molecule has 0 aliphatic carbocycles. The van der Waals surface area contributed by atoms with E-state index in [4.69, 9.17) is 21.1 Å². The molecular formula is C17H17BrClN3O3. The first-order chi connectivity index (χ1) is 11.9. The Morgan fingerprint density at radius 2 is 2.00 bits per heavy atom. The molecule has 6 nitrogen and oxygen atoms in total. The van der Waals surface area contributed by atoms with Crippen molar-refractivity contribution in [1.82, 2.24) is 5.43 Å². The van der Waals surface area contributed by atoms with E-state index in [1.807, 2.05) is 19.1 Å². The predicted octanol–water partition coefficient (Wildman–Crippen LogP) is 4.58. The van der Waals surface area contributed by atoms with Crippen molar-refractivity contribution in [3.63, 3.8) is 0 Å². The number of carbonyl (C=O) groups is 1. The monoisotopic (exact) mass is 425 g/mol. The van der Waals surface area contributed by atoms with E-state index < -0.39 is 6.03 Å². The van der Waals surface area contributed by atoms with Gasteiger partial charge in [-0.25, -0.2) is 10.2 Å². The molecule has 0 aliphatic heterocycles. The van der Waals surface area contributed by atoms with E-state index in [-0.39, 0.29) is 0 Å². The summed E-state index contributed by atoms with van der Waals surface area (Å²) in [5.41, 5.74) is 4.73. The zero-order valence-electron chi connectivity index (χ0n) is 13.9. The van der Waals surface area contributed by atoms with Gasteiger partial charge in [-0.05, 0) is 48.4 Å². The third kappa shape index (κ3) is 5.11. The molecule has 0 heterocycles. The predicted molar refractivity (Wildman–Crippen MR) is 103 cm³/mol. The van der Waals surface area contributed by atoms with Gasteiger partial charge in [-0.3, -0.25) is 0 Å². The quantitative estimate of drug-likeness (QED) is 0.543. The first kappa shape index (κ1) is 19.1. The summed E-state index contributed by atoms with van der Waals surface area (Å²) in [5.74, 6) is 0.920. The Morgan fingerprint density at radius 1 is 1.24 bits per heavy atom. The molecule has 2 amide bonds. The summed E-state index contributed by atoms with van der Waals surface area (Å²) in [4.78, 5) is 11.9. The van der Waals surface area contributed by atoms with Gasteiger partial charge >= 0.3 is 6.03 Å². The minimum Gasteiger partial charge on any atom is -0.493 e. The topological polar surface area (TPSA) is 72.0 Å². The zero-order valence-corrected chi connectivity index (χ0v) is 16.2. The lowest BCUT2D eigenvalue weighted by Crippen LogP contribution is -2.24. The molecule has 0 radical (unpaired) electrons. The van der Waals surface area contributed by atoms with Crippen molar-refractivity contribution >= 4 is 45.5 Å². The van der Waals surface area contributed by atoms with E-state index in [0.717, 1.165) is 10.0 Å². The molecule has 132 valence electrons. The van der Waals surface area contributed by atoms with Gasteiger partial charge in [-0.1, -0.05) is 27.5 Å². The van der Waals surface area contributed by atoms with Crippen molar-refractivity contribution in [2.75, 3.05) is 19.5 Å². The average Bonchev–Trinajstić information content (AvgIpc) is 2.57. The average molecular weight is 427 g/mol. The van der Waals surface area contributed by atoms with Crippen molar-refractivity contribution in [1.29, 1.82) is 0 Å². The van der Waals surface area contributed by atoms with Gasteiger partial charge < -0.3 is 14.8 Å². The standard InChI is InChI=1S/C17H17BrClN3O3/c1-10-6-12(4-5-13(10)18)21-17(23)22-20-9-11-7-14(19)16(25-3)15(8-11)24-2/h4-9H,1-3H3,(H2,21,22,23)/b20-9+. The van der Waals surface area contributed by atoms with Crippen molar-refractivity contribution in [2.45, 2.75) is 6.92 Å². The summed E-state index contributed by atoms with van der Waals surface area (Å²) in [6.45, 7) is 1.94. The molecule has 0 saturated carbocycles. The van der Waals surface area contributed by atoms with E-state index in [0.29, 0.717) is 27.8 Å². The molecule has 0 spiro atoms. The van der Waals surface area contributed by atoms with Gasteiger partial charge in [0, 0.05) is 10.2 Å². The number of methoxy groups -OCH3 is 2. The fourth-order valence-corrected chi connectivity index (χ4v) is 2.60. The van der Waals surface area contributed by atoms with Gasteiger partial charge in [0.25, 0.3) is 0 Å². The number of nitrogens with one attached hydrogen (secondary N) is 2. The lowest BCUT2D eigenvalue weighted by Gasteiger charge is -2.10. The SMILES string of the molecule is COc1cc(/C=N/NC(=O)Nc2ccc(Br)c(C)c2)cc(Cl)c1OC. The minimum atomic E-state index is -0.454. The van der Waals surface area contributed by atoms with Crippen molar-refractivity contribution in [3.8, 4) is 11.5 Å². The van der Waals surface area contributed by atoms with Crippen LogP contribution in [0.4, 0.5) is 10.5 Å². The Hall–Kier alpha value is -2.25. The van der Waals surface area contributed by atoms with Crippen LogP contribution in [0.1, 0.15) is 11.1 Å². The number of amides is 2. The van der Waals surface area contributed by atoms with Crippen LogP contribution in [0.25, 0.3) is 0 Å². The second-order valence-electron chi connectivity index (χ2n) is 5.03. The maximum atomic E-state index is 11.9. The van der Waals surface area contributed by atoms with Crippen LogP contribution in [0.5, 0.6) is 11.5 Å². The summed E-state index contributed by atoms with van der Waals surface area (Å²) in [7, 11) is 3.02. The maximum Gasteiger partial charge on any atom is 0.339 e. The van der Waals surface area contributed by atoms with Crippen LogP contribution in [0.2, 0.25) is 5.02 Å². The number of hydrazone groups is 1. The molecular weight excluding hydrogens is 410 g/mol. The molecule has 0 atom stereocenters. The Kier molecular flexibility index (Phi) is 6.66. The number of urea groups is 1. The Balaban J connectivity index is 2.01. The van der Waals surface area contributed by atoms with Gasteiger partial charge in [0.1, 0.15) is 0 Å². The molecule has 2 aromatic rings. The highest BCUT2D eigenvalue weighted by molar-refractivity contribution is 9.10. The summed E-state index contributed by atoms with van der Waals surface area (Å²) in [6, 6.07) is 8.40. The second-order valence-corrected chi connectivity index (χ2v) is 6.29. The van der Waals surface area contributed by atoms with Crippen LogP contribution in [-0.2, 0) is 0 Å². The maximum absolute atomic E-state index is 11.9. The fourth-order valence-electron chi connectivity index (χ4n) is 2.06. The third-order valence-corrected chi connectivity index (χ3v) is 4.42. The third-order valence-electron chi connectivity index (χ3n) is 3.25. The lowest BCUT2D eigenvalue weighted by molar-refractivity contribution is 0.252. The lowest BCUT2D eigenvalue weighted by atomic mass is 10.2. The largest absolute Gasteiger partial charge is 0.493 e. The number of ether oxygens (including phenoxy) is 2. The summed E-state index contributed by atoms with van der Waals surface area (Å²) >= 11 is 9.53. The number of carbonyl (C=O) groups excluding carboxylic acids is 1. The Bertz CT molecular complexity index is 812. The van der Waals surface area contributed by atoms with E-state index in [2.05, 4.69) is 31.8 Å². The van der Waals surface area contributed by atoms with Crippen LogP contribution in [0.15, 0.2) is 39.9 Å². The molecule has 0 unspecified atom stereocenters. The molecule has 25 heavy (non-hydrogen) atoms. The number of halogens is 2. The smallest absolute Gasteiger partial charge is 0.339 e.